The fourth-order valence-electron chi connectivity index (χ4n) is 3.40. The quantitative estimate of drug-likeness (QED) is 0.557. The lowest BCUT2D eigenvalue weighted by atomic mass is 10.0. The highest BCUT2D eigenvalue weighted by atomic mass is 79.9. The van der Waals surface area contributed by atoms with Gasteiger partial charge in [-0.3, -0.25) is 0 Å². The van der Waals surface area contributed by atoms with Crippen LogP contribution in [0.15, 0.2) is 53.0 Å². The van der Waals surface area contributed by atoms with E-state index in [2.05, 4.69) is 20.9 Å². The van der Waals surface area contributed by atoms with Gasteiger partial charge in [0.15, 0.2) is 0 Å². The molecule has 4 nitrogen and oxygen atoms in total. The van der Waals surface area contributed by atoms with Crippen molar-refractivity contribution in [3.8, 4) is 28.1 Å². The van der Waals surface area contributed by atoms with Crippen LogP contribution < -0.4 is 4.90 Å². The van der Waals surface area contributed by atoms with Crippen LogP contribution in [0.25, 0.3) is 22.4 Å². The minimum atomic E-state index is -0.435. The first kappa shape index (κ1) is 19.2. The molecular formula is C21H17BrClFN2O2. The lowest BCUT2D eigenvalue weighted by molar-refractivity contribution is 0.198. The molecule has 1 atom stereocenters. The highest BCUT2D eigenvalue weighted by Gasteiger charge is 2.23. The van der Waals surface area contributed by atoms with Gasteiger partial charge in [0.2, 0.25) is 0 Å². The molecule has 0 spiro atoms. The normalized spacial score (nSPS) is 16.6. The summed E-state index contributed by atoms with van der Waals surface area (Å²) >= 11 is 9.69. The van der Waals surface area contributed by atoms with Crippen molar-refractivity contribution in [1.29, 1.82) is 0 Å². The number of nitrogens with zero attached hydrogens (tertiary/aromatic N) is 2. The third-order valence-electron chi connectivity index (χ3n) is 4.79. The van der Waals surface area contributed by atoms with Gasteiger partial charge >= 0.3 is 0 Å². The molecule has 0 bridgehead atoms. The number of aliphatic hydroxyl groups is 1. The molecule has 0 aliphatic carbocycles. The van der Waals surface area contributed by atoms with Crippen molar-refractivity contribution < 1.29 is 14.6 Å². The smallest absolute Gasteiger partial charge is 0.132 e. The Morgan fingerprint density at radius 2 is 2.00 bits per heavy atom. The lowest BCUT2D eigenvalue weighted by Crippen LogP contribution is -2.22. The van der Waals surface area contributed by atoms with Crippen LogP contribution in [0.1, 0.15) is 6.42 Å². The number of anilines is 1. The van der Waals surface area contributed by atoms with Crippen LogP contribution >= 0.6 is 27.5 Å². The summed E-state index contributed by atoms with van der Waals surface area (Å²) in [4.78, 5) is 6.62. The first-order chi connectivity index (χ1) is 13.4. The van der Waals surface area contributed by atoms with Crippen molar-refractivity contribution in [1.82, 2.24) is 4.98 Å². The number of pyridine rings is 1. The van der Waals surface area contributed by atoms with Crippen LogP contribution in [0, 0.1) is 5.82 Å². The molecule has 2 heterocycles. The summed E-state index contributed by atoms with van der Waals surface area (Å²) in [7, 11) is 0. The number of aromatic hydroxyl groups is 1. The zero-order valence-electron chi connectivity index (χ0n) is 14.7. The van der Waals surface area contributed by atoms with Gasteiger partial charge in [-0.05, 0) is 54.4 Å². The van der Waals surface area contributed by atoms with Crippen molar-refractivity contribution in [3.63, 3.8) is 0 Å². The summed E-state index contributed by atoms with van der Waals surface area (Å²) in [5.41, 5.74) is 1.85. The molecule has 1 fully saturated rings. The zero-order chi connectivity index (χ0) is 19.8. The second-order valence-corrected chi connectivity index (χ2v) is 8.07. The van der Waals surface area contributed by atoms with Crippen molar-refractivity contribution in [2.75, 3.05) is 18.0 Å². The summed E-state index contributed by atoms with van der Waals surface area (Å²) in [6, 6.07) is 13.1. The summed E-state index contributed by atoms with van der Waals surface area (Å²) in [5.74, 6) is 0.234. The number of β-amino-alcohol motifs (C(OH)–C–C–N with tert-alkyl or cyclic N) is 1. The largest absolute Gasteiger partial charge is 0.507 e. The van der Waals surface area contributed by atoms with Gasteiger partial charge in [0.25, 0.3) is 0 Å². The molecule has 0 radical (unpaired) electrons. The standard InChI is InChI=1S/C21H17BrClFN2O2/c22-13-4-5-19(28)15(10-13)18-8-12(21-16(23)2-1-3-17(21)24)9-20(25-18)26-7-6-14(27)11-26/h1-5,8-10,14,27-28H,6-7,11H2. The Bertz CT molecular complexity index is 1030. The van der Waals surface area contributed by atoms with Gasteiger partial charge in [-0.1, -0.05) is 33.6 Å². The van der Waals surface area contributed by atoms with Gasteiger partial charge in [-0.25, -0.2) is 9.37 Å². The van der Waals surface area contributed by atoms with Gasteiger partial charge in [0, 0.05) is 28.7 Å². The van der Waals surface area contributed by atoms with E-state index in [1.165, 1.54) is 6.07 Å². The van der Waals surface area contributed by atoms with Crippen LogP contribution in [0.3, 0.4) is 0 Å². The van der Waals surface area contributed by atoms with E-state index in [0.29, 0.717) is 47.2 Å². The van der Waals surface area contributed by atoms with Crippen LogP contribution in [-0.4, -0.2) is 34.4 Å². The predicted molar refractivity (Wildman–Crippen MR) is 112 cm³/mol. The Balaban J connectivity index is 1.92. The number of halogens is 3. The Kier molecular flexibility index (Phi) is 5.27. The van der Waals surface area contributed by atoms with Crippen molar-refractivity contribution in [2.45, 2.75) is 12.5 Å². The Hall–Kier alpha value is -2.15. The first-order valence-electron chi connectivity index (χ1n) is 8.81. The third-order valence-corrected chi connectivity index (χ3v) is 5.59. The molecule has 0 amide bonds. The highest BCUT2D eigenvalue weighted by Crippen LogP contribution is 2.38. The van der Waals surface area contributed by atoms with Gasteiger partial charge in [0.05, 0.1) is 16.8 Å². The molecule has 3 aromatic rings. The minimum absolute atomic E-state index is 0.0693. The molecule has 1 aliphatic heterocycles. The van der Waals surface area contributed by atoms with Gasteiger partial charge in [0.1, 0.15) is 17.4 Å². The molecule has 4 rings (SSSR count). The van der Waals surface area contributed by atoms with E-state index < -0.39 is 11.9 Å². The minimum Gasteiger partial charge on any atom is -0.507 e. The SMILES string of the molecule is Oc1ccc(Br)cc1-c1cc(-c2c(F)cccc2Cl)cc(N2CCC(O)C2)n1. The number of phenols is 1. The zero-order valence-corrected chi connectivity index (χ0v) is 17.1. The fraction of sp³-hybridized carbons (Fsp3) is 0.190. The maximum atomic E-state index is 14.6. The summed E-state index contributed by atoms with van der Waals surface area (Å²) in [5, 5.41) is 20.5. The van der Waals surface area contributed by atoms with E-state index in [-0.39, 0.29) is 11.3 Å². The molecule has 1 saturated heterocycles. The molecule has 7 heteroatoms. The summed E-state index contributed by atoms with van der Waals surface area (Å²) in [6.45, 7) is 1.10. The number of rotatable bonds is 3. The molecule has 28 heavy (non-hydrogen) atoms. The van der Waals surface area contributed by atoms with E-state index >= 15 is 0 Å². The molecule has 0 saturated carbocycles. The third kappa shape index (κ3) is 3.72. The van der Waals surface area contributed by atoms with Gasteiger partial charge in [-0.15, -0.1) is 0 Å². The van der Waals surface area contributed by atoms with Crippen LogP contribution in [0.4, 0.5) is 10.2 Å². The number of aromatic nitrogens is 1. The second-order valence-electron chi connectivity index (χ2n) is 6.75. The molecule has 1 unspecified atom stereocenters. The highest BCUT2D eigenvalue weighted by molar-refractivity contribution is 9.10. The van der Waals surface area contributed by atoms with E-state index in [1.807, 2.05) is 4.90 Å². The lowest BCUT2D eigenvalue weighted by Gasteiger charge is -2.20. The van der Waals surface area contributed by atoms with Crippen LogP contribution in [0.2, 0.25) is 5.02 Å². The molecule has 144 valence electrons. The monoisotopic (exact) mass is 462 g/mol. The van der Waals surface area contributed by atoms with E-state index in [9.17, 15) is 14.6 Å². The van der Waals surface area contributed by atoms with Crippen molar-refractivity contribution in [2.24, 2.45) is 0 Å². The average molecular weight is 464 g/mol. The fourth-order valence-corrected chi connectivity index (χ4v) is 4.03. The summed E-state index contributed by atoms with van der Waals surface area (Å²) < 4.78 is 15.4. The second kappa shape index (κ2) is 7.70. The van der Waals surface area contributed by atoms with Crippen molar-refractivity contribution >= 4 is 33.3 Å². The number of aliphatic hydroxyl groups excluding tert-OH is 1. The Morgan fingerprint density at radius 3 is 2.71 bits per heavy atom. The number of hydrogen-bond acceptors (Lipinski definition) is 4. The Morgan fingerprint density at radius 1 is 1.18 bits per heavy atom. The van der Waals surface area contributed by atoms with Crippen LogP contribution in [0.5, 0.6) is 5.75 Å². The van der Waals surface area contributed by atoms with E-state index in [0.717, 1.165) is 4.47 Å². The number of benzene rings is 2. The van der Waals surface area contributed by atoms with Crippen molar-refractivity contribution in [3.05, 3.63) is 63.8 Å². The molecule has 2 aromatic carbocycles. The van der Waals surface area contributed by atoms with Gasteiger partial charge in [-0.2, -0.15) is 0 Å². The first-order valence-corrected chi connectivity index (χ1v) is 9.98. The number of phenolic OH excluding ortho intramolecular Hbond substituents is 1. The average Bonchev–Trinajstić information content (AvgIpc) is 3.10. The van der Waals surface area contributed by atoms with Gasteiger partial charge < -0.3 is 15.1 Å². The summed E-state index contributed by atoms with van der Waals surface area (Å²) in [6.07, 6.45) is 0.217. The van der Waals surface area contributed by atoms with E-state index in [1.54, 1.807) is 42.5 Å². The maximum Gasteiger partial charge on any atom is 0.132 e. The molecule has 2 N–H and O–H groups in total. The predicted octanol–water partition coefficient (Wildman–Crippen LogP) is 5.25. The molecule has 1 aliphatic rings. The van der Waals surface area contributed by atoms with Crippen LogP contribution in [-0.2, 0) is 0 Å². The maximum absolute atomic E-state index is 14.6. The molecular weight excluding hydrogens is 447 g/mol. The topological polar surface area (TPSA) is 56.6 Å². The van der Waals surface area contributed by atoms with E-state index in [4.69, 9.17) is 11.6 Å². The molecule has 1 aromatic heterocycles. The Labute approximate surface area is 175 Å². The number of hydrogen-bond donors (Lipinski definition) is 2.